The van der Waals surface area contributed by atoms with Gasteiger partial charge in [-0.25, -0.2) is 4.98 Å². The number of piperazine rings is 1. The van der Waals surface area contributed by atoms with Gasteiger partial charge in [0.25, 0.3) is 5.91 Å². The van der Waals surface area contributed by atoms with Gasteiger partial charge in [-0.1, -0.05) is 60.7 Å². The average molecular weight is 554 g/mol. The second-order valence-corrected chi connectivity index (χ2v) is 11.6. The molecule has 0 atom stereocenters. The predicted molar refractivity (Wildman–Crippen MR) is 160 cm³/mol. The summed E-state index contributed by atoms with van der Waals surface area (Å²) in [7, 11) is 0. The third-order valence-electron chi connectivity index (χ3n) is 8.09. The lowest BCUT2D eigenvalue weighted by atomic mass is 9.97. The van der Waals surface area contributed by atoms with Crippen LogP contribution in [0.1, 0.15) is 45.4 Å². The molecule has 1 N–H and O–H groups in total. The van der Waals surface area contributed by atoms with E-state index in [9.17, 15) is 9.59 Å². The number of amides is 2. The molecule has 2 aromatic carbocycles. The molecule has 0 radical (unpaired) electrons. The topological polar surface area (TPSA) is 72.5 Å². The highest BCUT2D eigenvalue weighted by molar-refractivity contribution is 7.09. The van der Waals surface area contributed by atoms with Gasteiger partial charge in [0.2, 0.25) is 5.91 Å². The number of rotatable bonds is 7. The normalized spacial score (nSPS) is 17.2. The molecule has 2 aliphatic rings. The van der Waals surface area contributed by atoms with Gasteiger partial charge in [0.05, 0.1) is 11.4 Å². The zero-order chi connectivity index (χ0) is 27.3. The van der Waals surface area contributed by atoms with Gasteiger partial charge in [-0.3, -0.25) is 14.5 Å². The number of nitrogens with one attached hydrogen (secondary N) is 1. The number of carbonyl (C=O) groups is 2. The molecule has 4 heterocycles. The number of carbonyl (C=O) groups excluding carboxylic acids is 2. The maximum absolute atomic E-state index is 13.2. The van der Waals surface area contributed by atoms with E-state index in [-0.39, 0.29) is 11.8 Å². The van der Waals surface area contributed by atoms with E-state index in [1.54, 1.807) is 11.3 Å². The van der Waals surface area contributed by atoms with Gasteiger partial charge in [0, 0.05) is 74.2 Å². The van der Waals surface area contributed by atoms with E-state index in [2.05, 4.69) is 40.2 Å². The highest BCUT2D eigenvalue weighted by Crippen LogP contribution is 2.31. The first-order valence-corrected chi connectivity index (χ1v) is 15.0. The number of hydrogen-bond acceptors (Lipinski definition) is 5. The first-order chi connectivity index (χ1) is 19.6. The quantitative estimate of drug-likeness (QED) is 0.348. The van der Waals surface area contributed by atoms with Gasteiger partial charge < -0.3 is 14.8 Å². The molecule has 0 bridgehead atoms. The first kappa shape index (κ1) is 26.5. The molecule has 6 rings (SSSR count). The van der Waals surface area contributed by atoms with E-state index in [1.165, 1.54) is 5.56 Å². The van der Waals surface area contributed by atoms with Crippen LogP contribution >= 0.6 is 11.3 Å². The fourth-order valence-corrected chi connectivity index (χ4v) is 6.66. The molecule has 4 aromatic rings. The lowest BCUT2D eigenvalue weighted by Gasteiger charge is -2.33. The van der Waals surface area contributed by atoms with Crippen molar-refractivity contribution in [1.82, 2.24) is 24.7 Å². The molecule has 206 valence electrons. The minimum atomic E-state index is 0.0355. The Hall–Kier alpha value is -3.75. The van der Waals surface area contributed by atoms with Gasteiger partial charge in [-0.05, 0) is 30.0 Å². The van der Waals surface area contributed by atoms with Crippen LogP contribution < -0.4 is 0 Å². The number of aromatic amines is 1. The Morgan fingerprint density at radius 3 is 2.48 bits per heavy atom. The molecule has 0 saturated carbocycles. The highest BCUT2D eigenvalue weighted by atomic mass is 32.1. The lowest BCUT2D eigenvalue weighted by molar-refractivity contribution is -0.131. The number of aromatic nitrogens is 2. The number of fused-ring (bicyclic) bond motifs is 1. The molecule has 7 nitrogen and oxygen atoms in total. The zero-order valence-electron chi connectivity index (χ0n) is 22.7. The third-order valence-corrected chi connectivity index (χ3v) is 9.09. The summed E-state index contributed by atoms with van der Waals surface area (Å²) in [4.78, 5) is 40.5. The second-order valence-electron chi connectivity index (χ2n) is 10.7. The number of nitrogens with zero attached hydrogens (tertiary/aromatic N) is 4. The molecule has 2 aliphatic heterocycles. The molecule has 2 fully saturated rings. The van der Waals surface area contributed by atoms with Crippen LogP contribution in [-0.2, 0) is 11.2 Å². The summed E-state index contributed by atoms with van der Waals surface area (Å²) in [5.74, 6) is 0.512. The summed E-state index contributed by atoms with van der Waals surface area (Å²) in [5, 5.41) is 4.06. The van der Waals surface area contributed by atoms with Crippen molar-refractivity contribution >= 4 is 40.1 Å². The van der Waals surface area contributed by atoms with Crippen molar-refractivity contribution in [2.45, 2.75) is 25.2 Å². The van der Waals surface area contributed by atoms with Crippen LogP contribution in [0.15, 0.2) is 72.3 Å². The Kier molecular flexibility index (Phi) is 8.07. The van der Waals surface area contributed by atoms with E-state index >= 15 is 0 Å². The van der Waals surface area contributed by atoms with Gasteiger partial charge in [0.15, 0.2) is 0 Å². The minimum absolute atomic E-state index is 0.0355. The van der Waals surface area contributed by atoms with Crippen molar-refractivity contribution in [3.8, 4) is 0 Å². The van der Waals surface area contributed by atoms with Gasteiger partial charge in [0.1, 0.15) is 5.69 Å². The largest absolute Gasteiger partial charge is 0.361 e. The Balaban J connectivity index is 0.964. The van der Waals surface area contributed by atoms with Crippen molar-refractivity contribution in [2.75, 3.05) is 45.8 Å². The predicted octanol–water partition coefficient (Wildman–Crippen LogP) is 5.04. The van der Waals surface area contributed by atoms with Crippen molar-refractivity contribution < 1.29 is 9.59 Å². The maximum atomic E-state index is 13.2. The summed E-state index contributed by atoms with van der Waals surface area (Å²) in [6.07, 6.45) is 8.48. The molecule has 0 spiro atoms. The first-order valence-electron chi connectivity index (χ1n) is 14.2. The Bertz CT molecular complexity index is 1480. The number of likely N-dealkylation sites (tertiary alicyclic amines) is 1. The molecule has 0 aliphatic carbocycles. The Labute approximate surface area is 239 Å². The van der Waals surface area contributed by atoms with E-state index in [0.717, 1.165) is 80.1 Å². The number of hydrogen-bond donors (Lipinski definition) is 1. The highest BCUT2D eigenvalue weighted by Gasteiger charge is 2.28. The molecule has 2 aromatic heterocycles. The van der Waals surface area contributed by atoms with Crippen LogP contribution in [0.2, 0.25) is 0 Å². The standard InChI is InChI=1S/C32H35N5O2S/c38-30(21-26-22-33-28-11-5-4-10-27(26)28)36-15-12-25(13-16-36)31-34-29(23-40-31)32(39)37-19-17-35(18-20-37)14-6-9-24-7-2-1-3-8-24/h1-11,22-23,25,33H,12-21H2/b9-6-. The number of benzene rings is 2. The van der Waals surface area contributed by atoms with Crippen LogP contribution in [0.25, 0.3) is 17.0 Å². The number of H-pyrrole nitrogens is 1. The van der Waals surface area contributed by atoms with E-state index in [1.807, 2.05) is 57.8 Å². The van der Waals surface area contributed by atoms with Crippen LogP contribution in [0.4, 0.5) is 0 Å². The average Bonchev–Trinajstić information content (AvgIpc) is 3.66. The van der Waals surface area contributed by atoms with Crippen molar-refractivity contribution in [1.29, 1.82) is 0 Å². The smallest absolute Gasteiger partial charge is 0.273 e. The van der Waals surface area contributed by atoms with Crippen molar-refractivity contribution in [3.63, 3.8) is 0 Å². The van der Waals surface area contributed by atoms with Crippen molar-refractivity contribution in [3.05, 3.63) is 94.1 Å². The van der Waals surface area contributed by atoms with E-state index < -0.39 is 0 Å². The number of thiazole rings is 1. The Morgan fingerprint density at radius 2 is 1.68 bits per heavy atom. The molecular weight excluding hydrogens is 518 g/mol. The monoisotopic (exact) mass is 553 g/mol. The van der Waals surface area contributed by atoms with E-state index in [0.29, 0.717) is 18.0 Å². The molecule has 40 heavy (non-hydrogen) atoms. The lowest BCUT2D eigenvalue weighted by Crippen LogP contribution is -2.48. The molecule has 8 heteroatoms. The van der Waals surface area contributed by atoms with Crippen LogP contribution in [0, 0.1) is 0 Å². The summed E-state index contributed by atoms with van der Waals surface area (Å²) in [5.41, 5.74) is 3.89. The van der Waals surface area contributed by atoms with Crippen LogP contribution in [0.3, 0.4) is 0 Å². The second kappa shape index (κ2) is 12.2. The van der Waals surface area contributed by atoms with Crippen molar-refractivity contribution in [2.24, 2.45) is 0 Å². The van der Waals surface area contributed by atoms with Gasteiger partial charge in [-0.15, -0.1) is 11.3 Å². The molecular formula is C32H35N5O2S. The van der Waals surface area contributed by atoms with E-state index in [4.69, 9.17) is 4.98 Å². The fraction of sp³-hybridized carbons (Fsp3) is 0.344. The summed E-state index contributed by atoms with van der Waals surface area (Å²) < 4.78 is 0. The maximum Gasteiger partial charge on any atom is 0.273 e. The molecule has 2 amide bonds. The summed E-state index contributed by atoms with van der Waals surface area (Å²) in [6.45, 7) is 5.54. The SMILES string of the molecule is O=C(Cc1c[nH]c2ccccc12)N1CCC(c2nc(C(=O)N3CCN(C/C=C\c4ccccc4)CC3)cs2)CC1. The fourth-order valence-electron chi connectivity index (χ4n) is 5.70. The van der Waals surface area contributed by atoms with Gasteiger partial charge >= 0.3 is 0 Å². The minimum Gasteiger partial charge on any atom is -0.361 e. The summed E-state index contributed by atoms with van der Waals surface area (Å²) >= 11 is 1.59. The third kappa shape index (κ3) is 6.03. The summed E-state index contributed by atoms with van der Waals surface area (Å²) in [6, 6.07) is 18.4. The molecule has 2 saturated heterocycles. The van der Waals surface area contributed by atoms with Gasteiger partial charge in [-0.2, -0.15) is 0 Å². The number of piperidine rings is 1. The zero-order valence-corrected chi connectivity index (χ0v) is 23.5. The molecule has 0 unspecified atom stereocenters. The van der Waals surface area contributed by atoms with Crippen LogP contribution in [-0.4, -0.2) is 82.3 Å². The Morgan fingerprint density at radius 1 is 0.925 bits per heavy atom. The van der Waals surface area contributed by atoms with Crippen LogP contribution in [0.5, 0.6) is 0 Å². The number of para-hydroxylation sites is 1.